The molecule has 0 aliphatic carbocycles. The minimum Gasteiger partial charge on any atom is -0.478 e. The van der Waals surface area contributed by atoms with Gasteiger partial charge in [-0.1, -0.05) is 18.2 Å². The topological polar surface area (TPSA) is 104 Å². The molecule has 21 heavy (non-hydrogen) atoms. The molecule has 0 radical (unpaired) electrons. The van der Waals surface area contributed by atoms with Crippen LogP contribution in [0.3, 0.4) is 0 Å². The van der Waals surface area contributed by atoms with Crippen molar-refractivity contribution in [1.29, 1.82) is 0 Å². The van der Waals surface area contributed by atoms with Crippen molar-refractivity contribution in [2.75, 3.05) is 5.32 Å². The largest absolute Gasteiger partial charge is 0.478 e. The lowest BCUT2D eigenvalue weighted by Gasteiger charge is -2.09. The Hall–Kier alpha value is -3.15. The average molecular weight is 285 g/mol. The number of nitrogens with one attached hydrogen (secondary N) is 1. The number of benzene rings is 2. The average Bonchev–Trinajstić information content (AvgIpc) is 2.48. The van der Waals surface area contributed by atoms with Gasteiger partial charge in [-0.25, -0.2) is 9.59 Å². The number of hydrogen-bond donors (Lipinski definition) is 3. The summed E-state index contributed by atoms with van der Waals surface area (Å²) in [7, 11) is 0. The highest BCUT2D eigenvalue weighted by Crippen LogP contribution is 2.19. The van der Waals surface area contributed by atoms with Gasteiger partial charge < -0.3 is 15.5 Å². The van der Waals surface area contributed by atoms with Crippen molar-refractivity contribution in [2.24, 2.45) is 0 Å². The quantitative estimate of drug-likeness (QED) is 0.799. The summed E-state index contributed by atoms with van der Waals surface area (Å²) in [5.74, 6) is -3.03. The minimum absolute atomic E-state index is 0.0429. The maximum Gasteiger partial charge on any atom is 0.337 e. The number of amides is 1. The Morgan fingerprint density at radius 3 is 2.05 bits per heavy atom. The standard InChI is InChI=1S/C15H11NO5/c17-13(9-4-2-1-3-5-9)16-12-7-6-10(14(18)19)8-11(12)15(20)21/h1-8H,(H,16,17)(H,18,19)(H,20,21). The molecule has 3 N–H and O–H groups in total. The van der Waals surface area contributed by atoms with Crippen LogP contribution in [0.1, 0.15) is 31.1 Å². The first-order chi connectivity index (χ1) is 9.99. The SMILES string of the molecule is O=C(O)c1ccc(NC(=O)c2ccccc2)c(C(=O)O)c1. The van der Waals surface area contributed by atoms with E-state index in [1.165, 1.54) is 12.1 Å². The van der Waals surface area contributed by atoms with Gasteiger partial charge in [0.05, 0.1) is 16.8 Å². The van der Waals surface area contributed by atoms with E-state index in [0.29, 0.717) is 5.56 Å². The van der Waals surface area contributed by atoms with E-state index < -0.39 is 17.8 Å². The van der Waals surface area contributed by atoms with Gasteiger partial charge in [-0.3, -0.25) is 4.79 Å². The summed E-state index contributed by atoms with van der Waals surface area (Å²) in [6.07, 6.45) is 0. The fourth-order valence-corrected chi connectivity index (χ4v) is 1.75. The number of anilines is 1. The molecule has 0 fully saturated rings. The summed E-state index contributed by atoms with van der Waals surface area (Å²) in [5, 5.41) is 20.4. The molecule has 0 saturated carbocycles. The third-order valence-corrected chi connectivity index (χ3v) is 2.78. The molecule has 6 nitrogen and oxygen atoms in total. The van der Waals surface area contributed by atoms with Crippen LogP contribution in [0.5, 0.6) is 0 Å². The van der Waals surface area contributed by atoms with Crippen LogP contribution < -0.4 is 5.32 Å². The molecular formula is C15H11NO5. The summed E-state index contributed by atoms with van der Waals surface area (Å²) < 4.78 is 0. The zero-order chi connectivity index (χ0) is 15.4. The molecule has 1 amide bonds. The number of carbonyl (C=O) groups excluding carboxylic acids is 1. The summed E-state index contributed by atoms with van der Waals surface area (Å²) >= 11 is 0. The van der Waals surface area contributed by atoms with E-state index in [2.05, 4.69) is 5.32 Å². The van der Waals surface area contributed by atoms with Crippen LogP contribution >= 0.6 is 0 Å². The zero-order valence-corrected chi connectivity index (χ0v) is 10.7. The molecule has 6 heteroatoms. The number of carboxylic acid groups (broad SMARTS) is 2. The van der Waals surface area contributed by atoms with Crippen LogP contribution in [0.15, 0.2) is 48.5 Å². The van der Waals surface area contributed by atoms with E-state index in [0.717, 1.165) is 6.07 Å². The second kappa shape index (κ2) is 5.87. The van der Waals surface area contributed by atoms with E-state index in [-0.39, 0.29) is 16.8 Å². The molecule has 0 heterocycles. The molecule has 2 aromatic rings. The van der Waals surface area contributed by atoms with Gasteiger partial charge in [-0.2, -0.15) is 0 Å². The third-order valence-electron chi connectivity index (χ3n) is 2.78. The van der Waals surface area contributed by atoms with E-state index in [4.69, 9.17) is 10.2 Å². The van der Waals surface area contributed by atoms with Gasteiger partial charge in [-0.15, -0.1) is 0 Å². The number of hydrogen-bond acceptors (Lipinski definition) is 3. The van der Waals surface area contributed by atoms with Crippen molar-refractivity contribution in [1.82, 2.24) is 0 Å². The van der Waals surface area contributed by atoms with Crippen LogP contribution in [0, 0.1) is 0 Å². The van der Waals surface area contributed by atoms with E-state index >= 15 is 0 Å². The van der Waals surface area contributed by atoms with Crippen LogP contribution in [-0.4, -0.2) is 28.1 Å². The van der Waals surface area contributed by atoms with E-state index in [1.807, 2.05) is 0 Å². The van der Waals surface area contributed by atoms with Crippen molar-refractivity contribution in [3.63, 3.8) is 0 Å². The predicted octanol–water partition coefficient (Wildman–Crippen LogP) is 2.34. The van der Waals surface area contributed by atoms with Crippen LogP contribution in [0.25, 0.3) is 0 Å². The van der Waals surface area contributed by atoms with Gasteiger partial charge in [0.25, 0.3) is 5.91 Å². The fourth-order valence-electron chi connectivity index (χ4n) is 1.75. The first kappa shape index (κ1) is 14.3. The Morgan fingerprint density at radius 1 is 0.810 bits per heavy atom. The Bertz CT molecular complexity index is 709. The molecule has 2 rings (SSSR count). The lowest BCUT2D eigenvalue weighted by Crippen LogP contribution is -2.15. The Balaban J connectivity index is 2.34. The maximum absolute atomic E-state index is 12.0. The second-order valence-corrected chi connectivity index (χ2v) is 4.19. The Labute approximate surface area is 119 Å². The minimum atomic E-state index is -1.32. The molecule has 0 saturated heterocycles. The number of rotatable bonds is 4. The number of carboxylic acids is 2. The summed E-state index contributed by atoms with van der Waals surface area (Å²) in [6.45, 7) is 0. The molecule has 0 atom stereocenters. The van der Waals surface area contributed by atoms with Gasteiger partial charge in [0, 0.05) is 5.56 Å². The highest BCUT2D eigenvalue weighted by molar-refractivity contribution is 6.08. The Morgan fingerprint density at radius 2 is 1.48 bits per heavy atom. The molecule has 0 aromatic heterocycles. The Kier molecular flexibility index (Phi) is 3.99. The van der Waals surface area contributed by atoms with Gasteiger partial charge in [0.1, 0.15) is 0 Å². The molecule has 2 aromatic carbocycles. The molecule has 0 unspecified atom stereocenters. The first-order valence-electron chi connectivity index (χ1n) is 5.96. The summed E-state index contributed by atoms with van der Waals surface area (Å²) in [5.41, 5.74) is -0.0261. The van der Waals surface area contributed by atoms with E-state index in [9.17, 15) is 14.4 Å². The monoisotopic (exact) mass is 285 g/mol. The van der Waals surface area contributed by atoms with E-state index in [1.54, 1.807) is 30.3 Å². The fraction of sp³-hybridized carbons (Fsp3) is 0. The molecule has 0 aliphatic heterocycles. The molecule has 0 bridgehead atoms. The molecular weight excluding hydrogens is 274 g/mol. The third kappa shape index (κ3) is 3.24. The lowest BCUT2D eigenvalue weighted by molar-refractivity contribution is 0.0696. The van der Waals surface area contributed by atoms with Crippen LogP contribution in [-0.2, 0) is 0 Å². The normalized spacial score (nSPS) is 9.90. The first-order valence-corrected chi connectivity index (χ1v) is 5.96. The maximum atomic E-state index is 12.0. The number of aromatic carboxylic acids is 2. The van der Waals surface area contributed by atoms with Crippen LogP contribution in [0.4, 0.5) is 5.69 Å². The van der Waals surface area contributed by atoms with Gasteiger partial charge in [0.15, 0.2) is 0 Å². The van der Waals surface area contributed by atoms with Crippen molar-refractivity contribution in [3.05, 3.63) is 65.2 Å². The van der Waals surface area contributed by atoms with Gasteiger partial charge in [0.2, 0.25) is 0 Å². The molecule has 0 aliphatic rings. The lowest BCUT2D eigenvalue weighted by atomic mass is 10.1. The van der Waals surface area contributed by atoms with Crippen molar-refractivity contribution in [3.8, 4) is 0 Å². The van der Waals surface area contributed by atoms with Gasteiger partial charge in [-0.05, 0) is 30.3 Å². The van der Waals surface area contributed by atoms with Gasteiger partial charge >= 0.3 is 11.9 Å². The zero-order valence-electron chi connectivity index (χ0n) is 10.7. The smallest absolute Gasteiger partial charge is 0.337 e. The summed E-state index contributed by atoms with van der Waals surface area (Å²) in [4.78, 5) is 34.0. The highest BCUT2D eigenvalue weighted by atomic mass is 16.4. The summed E-state index contributed by atoms with van der Waals surface area (Å²) in [6, 6.07) is 11.8. The predicted molar refractivity (Wildman–Crippen MR) is 74.8 cm³/mol. The second-order valence-electron chi connectivity index (χ2n) is 4.19. The van der Waals surface area contributed by atoms with Crippen molar-refractivity contribution < 1.29 is 24.6 Å². The van der Waals surface area contributed by atoms with Crippen LogP contribution in [0.2, 0.25) is 0 Å². The molecule has 106 valence electrons. The van der Waals surface area contributed by atoms with Crippen molar-refractivity contribution >= 4 is 23.5 Å². The molecule has 0 spiro atoms. The highest BCUT2D eigenvalue weighted by Gasteiger charge is 2.16. The van der Waals surface area contributed by atoms with Crippen molar-refractivity contribution in [2.45, 2.75) is 0 Å². The number of carbonyl (C=O) groups is 3.